The van der Waals surface area contributed by atoms with Crippen molar-refractivity contribution in [1.29, 1.82) is 0 Å². The van der Waals surface area contributed by atoms with Crippen molar-refractivity contribution in [3.8, 4) is 0 Å². The molecule has 0 heterocycles. The number of carboxylic acids is 1. The Hall–Kier alpha value is -2.99. The summed E-state index contributed by atoms with van der Waals surface area (Å²) in [6.07, 6.45) is 0. The average molecular weight is 378 g/mol. The van der Waals surface area contributed by atoms with Gasteiger partial charge in [-0.15, -0.1) is 0 Å². The maximum atomic E-state index is 12.1. The van der Waals surface area contributed by atoms with Gasteiger partial charge in [-0.3, -0.25) is 4.74 Å². The predicted molar refractivity (Wildman–Crippen MR) is 105 cm³/mol. The third kappa shape index (κ3) is 3.43. The fourth-order valence-electron chi connectivity index (χ4n) is 3.28. The molecular formula is C23H22O5. The van der Waals surface area contributed by atoms with E-state index in [2.05, 4.69) is 0 Å². The lowest BCUT2D eigenvalue weighted by Gasteiger charge is -2.41. The van der Waals surface area contributed by atoms with Crippen LogP contribution in [0.4, 0.5) is 0 Å². The Balaban J connectivity index is 2.36. The zero-order valence-electron chi connectivity index (χ0n) is 15.7. The number of benzene rings is 3. The summed E-state index contributed by atoms with van der Waals surface area (Å²) in [6.45, 7) is 0. The standard InChI is InChI=1S/C23H22O5/c1-26-23(27-2,21(24)25)28-22(18-12-6-3-7-13-18,19-14-8-4-9-15-19)20-16-10-5-11-17-20/h3-17H,1-2H3,(H,24,25). The minimum atomic E-state index is -2.30. The van der Waals surface area contributed by atoms with Crippen molar-refractivity contribution >= 4 is 5.97 Å². The SMILES string of the molecule is COC(OC)(OC(c1ccccc1)(c1ccccc1)c1ccccc1)C(=O)O. The van der Waals surface area contributed by atoms with Crippen LogP contribution >= 0.6 is 0 Å². The highest BCUT2D eigenvalue weighted by atomic mass is 16.9. The van der Waals surface area contributed by atoms with Crippen LogP contribution in [0.3, 0.4) is 0 Å². The first-order valence-electron chi connectivity index (χ1n) is 8.79. The molecule has 0 aliphatic carbocycles. The van der Waals surface area contributed by atoms with Crippen LogP contribution in [0.15, 0.2) is 91.0 Å². The Bertz CT molecular complexity index is 793. The fourth-order valence-corrected chi connectivity index (χ4v) is 3.28. The molecule has 3 aromatic rings. The molecule has 3 rings (SSSR count). The van der Waals surface area contributed by atoms with E-state index < -0.39 is 17.5 Å². The highest BCUT2D eigenvalue weighted by molar-refractivity contribution is 5.74. The zero-order chi connectivity index (χ0) is 20.0. The van der Waals surface area contributed by atoms with Gasteiger partial charge in [0.2, 0.25) is 0 Å². The Labute approximate surface area is 164 Å². The van der Waals surface area contributed by atoms with E-state index in [4.69, 9.17) is 14.2 Å². The second kappa shape index (κ2) is 8.35. The first kappa shape index (κ1) is 19.8. The smallest absolute Gasteiger partial charge is 0.395 e. The van der Waals surface area contributed by atoms with Crippen LogP contribution < -0.4 is 0 Å². The van der Waals surface area contributed by atoms with Gasteiger partial charge >= 0.3 is 11.9 Å². The van der Waals surface area contributed by atoms with Crippen LogP contribution in [-0.4, -0.2) is 31.3 Å². The number of hydrogen-bond acceptors (Lipinski definition) is 4. The van der Waals surface area contributed by atoms with E-state index in [1.807, 2.05) is 91.0 Å². The molecular weight excluding hydrogens is 356 g/mol. The van der Waals surface area contributed by atoms with Gasteiger partial charge in [0.1, 0.15) is 5.60 Å². The Morgan fingerprint density at radius 3 is 1.25 bits per heavy atom. The largest absolute Gasteiger partial charge is 0.475 e. The van der Waals surface area contributed by atoms with Gasteiger partial charge in [0.25, 0.3) is 0 Å². The summed E-state index contributed by atoms with van der Waals surface area (Å²) < 4.78 is 16.7. The minimum absolute atomic E-state index is 0.743. The van der Waals surface area contributed by atoms with E-state index in [1.165, 1.54) is 14.2 Å². The highest BCUT2D eigenvalue weighted by Gasteiger charge is 2.51. The van der Waals surface area contributed by atoms with E-state index >= 15 is 0 Å². The third-order valence-corrected chi connectivity index (χ3v) is 4.63. The van der Waals surface area contributed by atoms with Crippen molar-refractivity contribution in [3.63, 3.8) is 0 Å². The molecule has 0 spiro atoms. The van der Waals surface area contributed by atoms with Crippen LogP contribution in [0, 0.1) is 0 Å². The van der Waals surface area contributed by atoms with Gasteiger partial charge in [-0.2, -0.15) is 0 Å². The molecule has 0 aliphatic rings. The first-order chi connectivity index (χ1) is 13.6. The second-order valence-electron chi connectivity index (χ2n) is 6.15. The van der Waals surface area contributed by atoms with Crippen LogP contribution in [0.1, 0.15) is 16.7 Å². The van der Waals surface area contributed by atoms with Crippen molar-refractivity contribution in [2.75, 3.05) is 14.2 Å². The molecule has 0 fully saturated rings. The summed E-state index contributed by atoms with van der Waals surface area (Å²) in [6, 6.07) is 28.2. The van der Waals surface area contributed by atoms with E-state index in [0.29, 0.717) is 0 Å². The molecule has 144 valence electrons. The van der Waals surface area contributed by atoms with Crippen molar-refractivity contribution in [1.82, 2.24) is 0 Å². The van der Waals surface area contributed by atoms with Crippen LogP contribution in [0.5, 0.6) is 0 Å². The minimum Gasteiger partial charge on any atom is -0.475 e. The first-order valence-corrected chi connectivity index (χ1v) is 8.79. The Kier molecular flexibility index (Phi) is 5.90. The van der Waals surface area contributed by atoms with Crippen molar-refractivity contribution in [2.45, 2.75) is 11.6 Å². The van der Waals surface area contributed by atoms with E-state index in [0.717, 1.165) is 16.7 Å². The molecule has 0 unspecified atom stereocenters. The molecule has 0 saturated heterocycles. The second-order valence-corrected chi connectivity index (χ2v) is 6.15. The van der Waals surface area contributed by atoms with E-state index in [-0.39, 0.29) is 0 Å². The summed E-state index contributed by atoms with van der Waals surface area (Å²) >= 11 is 0. The quantitative estimate of drug-likeness (QED) is 0.474. The lowest BCUT2D eigenvalue weighted by molar-refractivity contribution is -0.369. The van der Waals surface area contributed by atoms with E-state index in [1.54, 1.807) is 0 Å². The molecule has 0 atom stereocenters. The maximum Gasteiger partial charge on any atom is 0.395 e. The molecule has 0 amide bonds. The van der Waals surface area contributed by atoms with Gasteiger partial charge in [-0.05, 0) is 16.7 Å². The van der Waals surface area contributed by atoms with Crippen LogP contribution in [-0.2, 0) is 24.6 Å². The monoisotopic (exact) mass is 378 g/mol. The lowest BCUT2D eigenvalue weighted by Crippen LogP contribution is -2.52. The van der Waals surface area contributed by atoms with Gasteiger partial charge < -0.3 is 14.6 Å². The highest BCUT2D eigenvalue weighted by Crippen LogP contribution is 2.43. The summed E-state index contributed by atoms with van der Waals surface area (Å²) in [5, 5.41) is 9.85. The van der Waals surface area contributed by atoms with Crippen molar-refractivity contribution in [2.24, 2.45) is 0 Å². The van der Waals surface area contributed by atoms with Gasteiger partial charge in [0, 0.05) is 14.2 Å². The van der Waals surface area contributed by atoms with E-state index in [9.17, 15) is 9.90 Å². The summed E-state index contributed by atoms with van der Waals surface area (Å²) in [4.78, 5) is 12.1. The molecule has 5 heteroatoms. The van der Waals surface area contributed by atoms with Gasteiger partial charge in [0.15, 0.2) is 0 Å². The summed E-state index contributed by atoms with van der Waals surface area (Å²) in [5.41, 5.74) is 0.945. The molecule has 0 bridgehead atoms. The molecule has 0 aliphatic heterocycles. The topological polar surface area (TPSA) is 65.0 Å². The number of aliphatic carboxylic acids is 1. The molecule has 0 aromatic heterocycles. The Morgan fingerprint density at radius 1 is 0.679 bits per heavy atom. The fraction of sp³-hybridized carbons (Fsp3) is 0.174. The number of rotatable bonds is 8. The maximum absolute atomic E-state index is 12.1. The normalized spacial score (nSPS) is 11.9. The zero-order valence-corrected chi connectivity index (χ0v) is 15.7. The Morgan fingerprint density at radius 2 is 1.00 bits per heavy atom. The number of hydrogen-bond donors (Lipinski definition) is 1. The third-order valence-electron chi connectivity index (χ3n) is 4.63. The number of ether oxygens (including phenoxy) is 3. The van der Waals surface area contributed by atoms with Crippen LogP contribution in [0.2, 0.25) is 0 Å². The molecule has 1 N–H and O–H groups in total. The molecule has 28 heavy (non-hydrogen) atoms. The van der Waals surface area contributed by atoms with Crippen molar-refractivity contribution < 1.29 is 24.1 Å². The molecule has 5 nitrogen and oxygen atoms in total. The van der Waals surface area contributed by atoms with Crippen LogP contribution in [0.25, 0.3) is 0 Å². The molecule has 3 aromatic carbocycles. The average Bonchev–Trinajstić information content (AvgIpc) is 2.77. The summed E-state index contributed by atoms with van der Waals surface area (Å²) in [5.74, 6) is -3.69. The lowest BCUT2D eigenvalue weighted by atomic mass is 9.80. The van der Waals surface area contributed by atoms with Gasteiger partial charge in [-0.25, -0.2) is 4.79 Å². The van der Waals surface area contributed by atoms with Gasteiger partial charge in [-0.1, -0.05) is 91.0 Å². The number of carboxylic acid groups (broad SMARTS) is 1. The molecule has 0 radical (unpaired) electrons. The number of methoxy groups -OCH3 is 2. The molecule has 0 saturated carbocycles. The predicted octanol–water partition coefficient (Wildman–Crippen LogP) is 4.03. The number of carbonyl (C=O) groups is 1. The van der Waals surface area contributed by atoms with Crippen molar-refractivity contribution in [3.05, 3.63) is 108 Å². The summed E-state index contributed by atoms with van der Waals surface area (Å²) in [7, 11) is 2.48. The van der Waals surface area contributed by atoms with Gasteiger partial charge in [0.05, 0.1) is 0 Å².